The number of hydrogen-bond donors (Lipinski definition) is 3. The summed E-state index contributed by atoms with van der Waals surface area (Å²) in [4.78, 5) is 12.0. The zero-order valence-corrected chi connectivity index (χ0v) is 10.7. The van der Waals surface area contributed by atoms with Gasteiger partial charge in [-0.3, -0.25) is 4.79 Å². The van der Waals surface area contributed by atoms with Crippen molar-refractivity contribution in [3.63, 3.8) is 0 Å². The molecule has 1 saturated heterocycles. The van der Waals surface area contributed by atoms with Crippen LogP contribution in [0.3, 0.4) is 0 Å². The Morgan fingerprint density at radius 3 is 3.00 bits per heavy atom. The molecule has 1 fully saturated rings. The van der Waals surface area contributed by atoms with Crippen molar-refractivity contribution in [1.82, 2.24) is 0 Å². The van der Waals surface area contributed by atoms with Crippen LogP contribution in [0, 0.1) is 5.92 Å². The number of nitrogens with two attached hydrogens (primary N) is 1. The van der Waals surface area contributed by atoms with Crippen molar-refractivity contribution in [1.29, 1.82) is 0 Å². The van der Waals surface area contributed by atoms with E-state index in [0.29, 0.717) is 17.9 Å². The third kappa shape index (κ3) is 3.03. The summed E-state index contributed by atoms with van der Waals surface area (Å²) in [6.07, 6.45) is 0.481. The highest BCUT2D eigenvalue weighted by Gasteiger charge is 2.30. The molecule has 102 valence electrons. The standard InChI is InChI=1S/C13H17N3O3/c1-8-5-6-19-11(8)13(17)15-10-4-2-3-9(7-10)12(14)16-18/h2-4,7-8,11,18H,5-6H2,1H3,(H2,14,16)(H,15,17). The minimum absolute atomic E-state index is 0.00147. The Bertz CT molecular complexity index is 502. The lowest BCUT2D eigenvalue weighted by molar-refractivity contribution is -0.126. The number of benzene rings is 1. The van der Waals surface area contributed by atoms with Gasteiger partial charge < -0.3 is 21.0 Å². The van der Waals surface area contributed by atoms with Crippen LogP contribution < -0.4 is 11.1 Å². The number of nitrogens with zero attached hydrogens (tertiary/aromatic N) is 1. The molecule has 1 heterocycles. The molecular weight excluding hydrogens is 246 g/mol. The Kier molecular flexibility index (Phi) is 4.01. The van der Waals surface area contributed by atoms with Gasteiger partial charge in [-0.25, -0.2) is 0 Å². The van der Waals surface area contributed by atoms with Crippen molar-refractivity contribution in [2.24, 2.45) is 16.8 Å². The van der Waals surface area contributed by atoms with Crippen LogP contribution in [0.4, 0.5) is 5.69 Å². The SMILES string of the molecule is CC1CCOC1C(=O)Nc1cccc(/C(N)=N/O)c1. The zero-order chi connectivity index (χ0) is 13.8. The lowest BCUT2D eigenvalue weighted by atomic mass is 10.0. The van der Waals surface area contributed by atoms with Crippen molar-refractivity contribution < 1.29 is 14.7 Å². The number of amidine groups is 1. The lowest BCUT2D eigenvalue weighted by Gasteiger charge is -2.14. The number of oxime groups is 1. The molecule has 1 amide bonds. The van der Waals surface area contributed by atoms with Crippen LogP contribution in [0.2, 0.25) is 0 Å². The first-order chi connectivity index (χ1) is 9.11. The first kappa shape index (κ1) is 13.4. The van der Waals surface area contributed by atoms with E-state index in [9.17, 15) is 4.79 Å². The third-order valence-electron chi connectivity index (χ3n) is 3.18. The topological polar surface area (TPSA) is 96.9 Å². The highest BCUT2D eigenvalue weighted by molar-refractivity contribution is 5.99. The molecule has 6 heteroatoms. The predicted octanol–water partition coefficient (Wildman–Crippen LogP) is 1.14. The van der Waals surface area contributed by atoms with Crippen molar-refractivity contribution >= 4 is 17.4 Å². The van der Waals surface area contributed by atoms with E-state index in [1.165, 1.54) is 0 Å². The molecule has 0 spiro atoms. The molecule has 1 aromatic rings. The van der Waals surface area contributed by atoms with Gasteiger partial charge >= 0.3 is 0 Å². The summed E-state index contributed by atoms with van der Waals surface area (Å²) < 4.78 is 5.40. The molecule has 2 unspecified atom stereocenters. The second-order valence-electron chi connectivity index (χ2n) is 4.61. The summed E-state index contributed by atoms with van der Waals surface area (Å²) in [6, 6.07) is 6.81. The number of amides is 1. The third-order valence-corrected chi connectivity index (χ3v) is 3.18. The highest BCUT2D eigenvalue weighted by Crippen LogP contribution is 2.21. The molecule has 0 bridgehead atoms. The minimum Gasteiger partial charge on any atom is -0.409 e. The Morgan fingerprint density at radius 2 is 2.37 bits per heavy atom. The van der Waals surface area contributed by atoms with Gasteiger partial charge in [-0.1, -0.05) is 24.2 Å². The number of nitrogens with one attached hydrogen (secondary N) is 1. The Hall–Kier alpha value is -2.08. The fraction of sp³-hybridized carbons (Fsp3) is 0.385. The first-order valence-corrected chi connectivity index (χ1v) is 6.12. The van der Waals surface area contributed by atoms with Crippen LogP contribution in [0.25, 0.3) is 0 Å². The largest absolute Gasteiger partial charge is 0.409 e. The maximum absolute atomic E-state index is 12.0. The molecule has 4 N–H and O–H groups in total. The maximum Gasteiger partial charge on any atom is 0.253 e. The number of carbonyl (C=O) groups excluding carboxylic acids is 1. The molecule has 1 aliphatic rings. The van der Waals surface area contributed by atoms with Gasteiger partial charge in [-0.2, -0.15) is 0 Å². The van der Waals surface area contributed by atoms with Gasteiger partial charge in [0.05, 0.1) is 0 Å². The normalized spacial score (nSPS) is 23.3. The minimum atomic E-state index is -0.410. The summed E-state index contributed by atoms with van der Waals surface area (Å²) in [6.45, 7) is 2.60. The van der Waals surface area contributed by atoms with Gasteiger partial charge in [0.15, 0.2) is 5.84 Å². The first-order valence-electron chi connectivity index (χ1n) is 6.12. The summed E-state index contributed by atoms with van der Waals surface area (Å²) in [5.74, 6) is 0.0514. The van der Waals surface area contributed by atoms with Gasteiger partial charge in [0.1, 0.15) is 6.10 Å². The van der Waals surface area contributed by atoms with Crippen LogP contribution in [-0.2, 0) is 9.53 Å². The van der Waals surface area contributed by atoms with E-state index >= 15 is 0 Å². The van der Waals surface area contributed by atoms with Crippen molar-refractivity contribution in [3.05, 3.63) is 29.8 Å². The van der Waals surface area contributed by atoms with Gasteiger partial charge in [0.2, 0.25) is 0 Å². The van der Waals surface area contributed by atoms with Crippen molar-refractivity contribution in [2.75, 3.05) is 11.9 Å². The van der Waals surface area contributed by atoms with E-state index in [2.05, 4.69) is 10.5 Å². The molecule has 2 atom stereocenters. The number of ether oxygens (including phenoxy) is 1. The van der Waals surface area contributed by atoms with E-state index < -0.39 is 6.10 Å². The number of anilines is 1. The second kappa shape index (κ2) is 5.71. The predicted molar refractivity (Wildman–Crippen MR) is 71.1 cm³/mol. The van der Waals surface area contributed by atoms with Crippen molar-refractivity contribution in [2.45, 2.75) is 19.4 Å². The summed E-state index contributed by atoms with van der Waals surface area (Å²) in [7, 11) is 0. The number of hydrogen-bond acceptors (Lipinski definition) is 4. The molecule has 1 aliphatic heterocycles. The van der Waals surface area contributed by atoms with Crippen LogP contribution in [-0.4, -0.2) is 29.7 Å². The molecule has 0 aromatic heterocycles. The lowest BCUT2D eigenvalue weighted by Crippen LogP contribution is -2.31. The van der Waals surface area contributed by atoms with E-state index in [1.54, 1.807) is 24.3 Å². The van der Waals surface area contributed by atoms with Gasteiger partial charge in [-0.05, 0) is 24.5 Å². The quantitative estimate of drug-likeness (QED) is 0.330. The molecule has 19 heavy (non-hydrogen) atoms. The Labute approximate surface area is 111 Å². The van der Waals surface area contributed by atoms with Crippen LogP contribution in [0.5, 0.6) is 0 Å². The van der Waals surface area contributed by atoms with E-state index in [4.69, 9.17) is 15.7 Å². The molecule has 1 aromatic carbocycles. The van der Waals surface area contributed by atoms with E-state index in [0.717, 1.165) is 6.42 Å². The number of carbonyl (C=O) groups is 1. The molecular formula is C13H17N3O3. The second-order valence-corrected chi connectivity index (χ2v) is 4.61. The molecule has 6 nitrogen and oxygen atoms in total. The van der Waals surface area contributed by atoms with E-state index in [1.807, 2.05) is 6.92 Å². The summed E-state index contributed by atoms with van der Waals surface area (Å²) >= 11 is 0. The van der Waals surface area contributed by atoms with Gasteiger partial charge in [0, 0.05) is 17.9 Å². The Balaban J connectivity index is 2.09. The van der Waals surface area contributed by atoms with E-state index in [-0.39, 0.29) is 17.7 Å². The van der Waals surface area contributed by atoms with Crippen LogP contribution >= 0.6 is 0 Å². The van der Waals surface area contributed by atoms with Gasteiger partial charge in [0.25, 0.3) is 5.91 Å². The average Bonchev–Trinajstić information content (AvgIpc) is 2.84. The van der Waals surface area contributed by atoms with Crippen LogP contribution in [0.15, 0.2) is 29.4 Å². The average molecular weight is 263 g/mol. The zero-order valence-electron chi connectivity index (χ0n) is 10.7. The van der Waals surface area contributed by atoms with Gasteiger partial charge in [-0.15, -0.1) is 0 Å². The van der Waals surface area contributed by atoms with Crippen LogP contribution in [0.1, 0.15) is 18.9 Å². The Morgan fingerprint density at radius 1 is 1.58 bits per heavy atom. The highest BCUT2D eigenvalue weighted by atomic mass is 16.5. The molecule has 0 aliphatic carbocycles. The summed E-state index contributed by atoms with van der Waals surface area (Å²) in [5.41, 5.74) is 6.64. The molecule has 0 radical (unpaired) electrons. The molecule has 0 saturated carbocycles. The number of rotatable bonds is 3. The van der Waals surface area contributed by atoms with Crippen molar-refractivity contribution in [3.8, 4) is 0 Å². The fourth-order valence-corrected chi connectivity index (χ4v) is 2.06. The molecule has 2 rings (SSSR count). The monoisotopic (exact) mass is 263 g/mol. The summed E-state index contributed by atoms with van der Waals surface area (Å²) in [5, 5.41) is 14.3. The smallest absolute Gasteiger partial charge is 0.253 e. The maximum atomic E-state index is 12.0. The fourth-order valence-electron chi connectivity index (χ4n) is 2.06.